The number of carboxylic acids is 1. The first-order valence-corrected chi connectivity index (χ1v) is 6.76. The van der Waals surface area contributed by atoms with Gasteiger partial charge in [0.2, 0.25) is 0 Å². The summed E-state index contributed by atoms with van der Waals surface area (Å²) in [5.41, 5.74) is 3.72. The Hall–Kier alpha value is -1.51. The quantitative estimate of drug-likeness (QED) is 0.890. The molecule has 96 valence electrons. The molecular weight excluding hydrogens is 226 g/mol. The summed E-state index contributed by atoms with van der Waals surface area (Å²) in [5.74, 6) is -0.305. The van der Waals surface area contributed by atoms with Gasteiger partial charge in [0, 0.05) is 12.2 Å². The predicted molar refractivity (Wildman–Crippen MR) is 71.0 cm³/mol. The molecule has 18 heavy (non-hydrogen) atoms. The largest absolute Gasteiger partial charge is 0.480 e. The van der Waals surface area contributed by atoms with Crippen molar-refractivity contribution in [3.63, 3.8) is 0 Å². The lowest BCUT2D eigenvalue weighted by atomic mass is 9.97. The van der Waals surface area contributed by atoms with Crippen LogP contribution in [0.1, 0.15) is 30.4 Å². The lowest BCUT2D eigenvalue weighted by Crippen LogP contribution is -2.45. The van der Waals surface area contributed by atoms with Gasteiger partial charge in [-0.15, -0.1) is 0 Å². The van der Waals surface area contributed by atoms with Crippen molar-refractivity contribution in [2.24, 2.45) is 5.92 Å². The fraction of sp³-hybridized carbons (Fsp3) is 0.533. The molecule has 0 bridgehead atoms. The minimum atomic E-state index is -0.661. The van der Waals surface area contributed by atoms with Crippen molar-refractivity contribution in [2.45, 2.75) is 38.6 Å². The van der Waals surface area contributed by atoms with E-state index in [9.17, 15) is 9.90 Å². The Kier molecular flexibility index (Phi) is 2.77. The van der Waals surface area contributed by atoms with Crippen LogP contribution in [-0.2, 0) is 11.2 Å². The fourth-order valence-electron chi connectivity index (χ4n) is 3.05. The van der Waals surface area contributed by atoms with Crippen molar-refractivity contribution in [1.82, 2.24) is 0 Å². The first-order chi connectivity index (χ1) is 8.66. The van der Waals surface area contributed by atoms with Crippen LogP contribution in [0, 0.1) is 12.8 Å². The van der Waals surface area contributed by atoms with Crippen LogP contribution in [0.2, 0.25) is 0 Å². The van der Waals surface area contributed by atoms with Crippen molar-refractivity contribution in [2.75, 3.05) is 11.4 Å². The first-order valence-electron chi connectivity index (χ1n) is 6.76. The van der Waals surface area contributed by atoms with Gasteiger partial charge in [-0.2, -0.15) is 0 Å². The number of aliphatic carboxylic acids is 1. The molecule has 1 N–H and O–H groups in total. The molecule has 1 aromatic carbocycles. The van der Waals surface area contributed by atoms with Gasteiger partial charge in [-0.25, -0.2) is 4.79 Å². The van der Waals surface area contributed by atoms with Crippen molar-refractivity contribution in [3.05, 3.63) is 29.3 Å². The van der Waals surface area contributed by atoms with Gasteiger partial charge < -0.3 is 10.0 Å². The van der Waals surface area contributed by atoms with Crippen molar-refractivity contribution >= 4 is 11.7 Å². The molecule has 1 aliphatic carbocycles. The molecular formula is C15H19NO2. The molecule has 0 radical (unpaired) electrons. The average molecular weight is 245 g/mol. The number of carbonyl (C=O) groups is 1. The maximum Gasteiger partial charge on any atom is 0.326 e. The van der Waals surface area contributed by atoms with E-state index in [2.05, 4.69) is 30.0 Å². The number of hydrogen-bond donors (Lipinski definition) is 1. The number of anilines is 1. The van der Waals surface area contributed by atoms with Gasteiger partial charge in [0.05, 0.1) is 0 Å². The molecule has 1 atom stereocenters. The van der Waals surface area contributed by atoms with E-state index in [0.29, 0.717) is 5.92 Å². The molecule has 1 aromatic rings. The van der Waals surface area contributed by atoms with E-state index in [1.165, 1.54) is 11.1 Å². The van der Waals surface area contributed by atoms with Crippen LogP contribution in [0.3, 0.4) is 0 Å². The number of benzene rings is 1. The normalized spacial score (nSPS) is 20.4. The number of fused-ring (bicyclic) bond motifs is 1. The standard InChI is InChI=1S/C15H19NO2/c1-10-4-7-13-12(9-10)3-2-8-16(13)14(15(17)18)11-5-6-11/h4,7,9,11,14H,2-3,5-6,8H2,1H3,(H,17,18). The van der Waals surface area contributed by atoms with E-state index >= 15 is 0 Å². The summed E-state index contributed by atoms with van der Waals surface area (Å²) in [4.78, 5) is 13.6. The second-order valence-corrected chi connectivity index (χ2v) is 5.55. The van der Waals surface area contributed by atoms with Gasteiger partial charge in [-0.05, 0) is 50.2 Å². The molecule has 0 amide bonds. The van der Waals surface area contributed by atoms with Gasteiger partial charge >= 0.3 is 5.97 Å². The smallest absolute Gasteiger partial charge is 0.326 e. The average Bonchev–Trinajstić information content (AvgIpc) is 3.13. The molecule has 3 rings (SSSR count). The summed E-state index contributed by atoms with van der Waals surface area (Å²) < 4.78 is 0. The Labute approximate surface area is 107 Å². The van der Waals surface area contributed by atoms with Crippen molar-refractivity contribution in [1.29, 1.82) is 0 Å². The maximum absolute atomic E-state index is 11.5. The summed E-state index contributed by atoms with van der Waals surface area (Å²) in [6, 6.07) is 6.07. The number of nitrogens with zero attached hydrogens (tertiary/aromatic N) is 1. The number of hydrogen-bond acceptors (Lipinski definition) is 2. The van der Waals surface area contributed by atoms with Crippen molar-refractivity contribution < 1.29 is 9.90 Å². The molecule has 3 nitrogen and oxygen atoms in total. The lowest BCUT2D eigenvalue weighted by Gasteiger charge is -2.36. The zero-order valence-electron chi connectivity index (χ0n) is 10.7. The van der Waals surface area contributed by atoms with Crippen LogP contribution in [-0.4, -0.2) is 23.7 Å². The van der Waals surface area contributed by atoms with Crippen LogP contribution in [0.4, 0.5) is 5.69 Å². The van der Waals surface area contributed by atoms with Crippen LogP contribution in [0.5, 0.6) is 0 Å². The van der Waals surface area contributed by atoms with Gasteiger partial charge in [0.25, 0.3) is 0 Å². The summed E-state index contributed by atoms with van der Waals surface area (Å²) in [7, 11) is 0. The zero-order chi connectivity index (χ0) is 12.7. The fourth-order valence-corrected chi connectivity index (χ4v) is 3.05. The van der Waals surface area contributed by atoms with E-state index in [0.717, 1.165) is 37.9 Å². The second kappa shape index (κ2) is 4.30. The highest BCUT2D eigenvalue weighted by molar-refractivity contribution is 5.80. The van der Waals surface area contributed by atoms with Gasteiger partial charge in [0.1, 0.15) is 6.04 Å². The molecule has 0 spiro atoms. The minimum Gasteiger partial charge on any atom is -0.480 e. The highest BCUT2D eigenvalue weighted by Crippen LogP contribution is 2.39. The molecule has 1 unspecified atom stereocenters. The highest BCUT2D eigenvalue weighted by atomic mass is 16.4. The molecule has 1 saturated carbocycles. The Bertz CT molecular complexity index is 479. The van der Waals surface area contributed by atoms with Crippen LogP contribution in [0.15, 0.2) is 18.2 Å². The Balaban J connectivity index is 1.97. The minimum absolute atomic E-state index is 0.313. The van der Waals surface area contributed by atoms with E-state index in [1.54, 1.807) is 0 Å². The van der Waals surface area contributed by atoms with Crippen LogP contribution < -0.4 is 4.90 Å². The molecule has 1 heterocycles. The second-order valence-electron chi connectivity index (χ2n) is 5.55. The third-order valence-corrected chi connectivity index (χ3v) is 4.05. The number of carboxylic acid groups (broad SMARTS) is 1. The molecule has 3 heteroatoms. The van der Waals surface area contributed by atoms with E-state index in [4.69, 9.17) is 0 Å². The zero-order valence-corrected chi connectivity index (χ0v) is 10.7. The first kappa shape index (κ1) is 11.6. The Morgan fingerprint density at radius 3 is 2.89 bits per heavy atom. The van der Waals surface area contributed by atoms with Gasteiger partial charge in [-0.1, -0.05) is 17.7 Å². The van der Waals surface area contributed by atoms with E-state index < -0.39 is 5.97 Å². The summed E-state index contributed by atoms with van der Waals surface area (Å²) in [6.45, 7) is 2.97. The lowest BCUT2D eigenvalue weighted by molar-refractivity contribution is -0.139. The van der Waals surface area contributed by atoms with Crippen LogP contribution in [0.25, 0.3) is 0 Å². The Morgan fingerprint density at radius 2 is 2.22 bits per heavy atom. The number of rotatable bonds is 3. The molecule has 2 aliphatic rings. The third kappa shape index (κ3) is 1.98. The SMILES string of the molecule is Cc1ccc2c(c1)CCCN2C(C(=O)O)C1CC1. The highest BCUT2D eigenvalue weighted by Gasteiger charge is 2.41. The van der Waals surface area contributed by atoms with E-state index in [-0.39, 0.29) is 6.04 Å². The summed E-state index contributed by atoms with van der Waals surface area (Å²) >= 11 is 0. The molecule has 0 aromatic heterocycles. The van der Waals surface area contributed by atoms with Gasteiger partial charge in [0.15, 0.2) is 0 Å². The van der Waals surface area contributed by atoms with Gasteiger partial charge in [-0.3, -0.25) is 0 Å². The molecule has 0 saturated heterocycles. The van der Waals surface area contributed by atoms with E-state index in [1.807, 2.05) is 0 Å². The predicted octanol–water partition coefficient (Wildman–Crippen LogP) is 2.61. The number of aryl methyl sites for hydroxylation is 2. The topological polar surface area (TPSA) is 40.5 Å². The third-order valence-electron chi connectivity index (χ3n) is 4.05. The summed E-state index contributed by atoms with van der Waals surface area (Å²) in [6.07, 6.45) is 4.26. The van der Waals surface area contributed by atoms with Crippen LogP contribution >= 0.6 is 0 Å². The maximum atomic E-state index is 11.5. The van der Waals surface area contributed by atoms with Crippen molar-refractivity contribution in [3.8, 4) is 0 Å². The monoisotopic (exact) mass is 245 g/mol. The Morgan fingerprint density at radius 1 is 1.44 bits per heavy atom. The molecule has 1 aliphatic heterocycles. The molecule has 1 fully saturated rings. The summed E-state index contributed by atoms with van der Waals surface area (Å²) in [5, 5.41) is 9.47.